The maximum atomic E-state index is 12.1. The molecule has 0 bridgehead atoms. The summed E-state index contributed by atoms with van der Waals surface area (Å²) in [5.41, 5.74) is 1.27. The highest BCUT2D eigenvalue weighted by Crippen LogP contribution is 2.71. The van der Waals surface area contributed by atoms with Crippen LogP contribution in [0.15, 0.2) is 30.3 Å². The summed E-state index contributed by atoms with van der Waals surface area (Å²) in [5.74, 6) is -0.0136. The van der Waals surface area contributed by atoms with Crippen LogP contribution in [0, 0.1) is 0 Å². The number of carbonyl (C=O) groups excluding carboxylic acids is 1. The van der Waals surface area contributed by atoms with E-state index in [1.54, 1.807) is 0 Å². The summed E-state index contributed by atoms with van der Waals surface area (Å²) in [6.45, 7) is 7.01. The number of rotatable bonds is 4. The maximum Gasteiger partial charge on any atom is 0.344 e. The van der Waals surface area contributed by atoms with Gasteiger partial charge in [-0.05, 0) is 45.7 Å². The number of carbonyl (C=O) groups is 1. The molecule has 0 N–H and O–H groups in total. The van der Waals surface area contributed by atoms with Gasteiger partial charge in [-0.25, -0.2) is 4.79 Å². The van der Waals surface area contributed by atoms with E-state index in [1.807, 2.05) is 6.92 Å². The Kier molecular flexibility index (Phi) is 4.62. The fraction of sp³-hybridized carbons (Fsp3) is 0.562. The summed E-state index contributed by atoms with van der Waals surface area (Å²) in [7, 11) is -1.44. The predicted octanol–water partition coefficient (Wildman–Crippen LogP) is 3.46. The lowest BCUT2D eigenvalue weighted by Crippen LogP contribution is -2.29. The van der Waals surface area contributed by atoms with Crippen LogP contribution in [0.5, 0.6) is 0 Å². The number of ether oxygens (including phenoxy) is 1. The van der Waals surface area contributed by atoms with Gasteiger partial charge in [0.15, 0.2) is 6.16 Å². The minimum atomic E-state index is -1.44. The van der Waals surface area contributed by atoms with Gasteiger partial charge in [0.05, 0.1) is 30.5 Å². The van der Waals surface area contributed by atoms with Crippen LogP contribution in [0.4, 0.5) is 0 Å². The summed E-state index contributed by atoms with van der Waals surface area (Å²) in [5, 5.41) is 1.40. The molecule has 0 unspecified atom stereocenters. The van der Waals surface area contributed by atoms with Crippen LogP contribution in [0.25, 0.3) is 0 Å². The molecule has 0 aromatic heterocycles. The van der Waals surface area contributed by atoms with Crippen LogP contribution in [-0.2, 0) is 9.53 Å². The lowest BCUT2D eigenvalue weighted by molar-refractivity contribution is -0.140. The third-order valence-corrected chi connectivity index (χ3v) is 10.2. The normalized spacial score (nSPS) is 25.2. The molecule has 3 heteroatoms. The summed E-state index contributed by atoms with van der Waals surface area (Å²) < 4.78 is 5.24. The van der Waals surface area contributed by atoms with E-state index in [-0.39, 0.29) is 5.97 Å². The van der Waals surface area contributed by atoms with Crippen LogP contribution in [-0.4, -0.2) is 30.1 Å². The molecule has 1 aliphatic heterocycles. The maximum absolute atomic E-state index is 12.1. The van der Waals surface area contributed by atoms with Gasteiger partial charge in [0.2, 0.25) is 0 Å². The fourth-order valence-corrected chi connectivity index (χ4v) is 8.57. The van der Waals surface area contributed by atoms with Crippen molar-refractivity contribution >= 4 is 18.5 Å². The van der Waals surface area contributed by atoms with Crippen molar-refractivity contribution in [1.82, 2.24) is 0 Å². The summed E-state index contributed by atoms with van der Waals surface area (Å²) >= 11 is 0. The van der Waals surface area contributed by atoms with Gasteiger partial charge in [0, 0.05) is 0 Å². The highest BCUT2D eigenvalue weighted by atomic mass is 31.2. The molecule has 1 fully saturated rings. The SMILES string of the molecule is CCOC(=O)C[P+]1(c2ccccc2)[C@H](C)CC[C@H]1C. The van der Waals surface area contributed by atoms with Gasteiger partial charge >= 0.3 is 5.97 Å². The molecule has 2 atom stereocenters. The smallest absolute Gasteiger partial charge is 0.344 e. The Hall–Kier alpha value is -0.880. The van der Waals surface area contributed by atoms with Crippen LogP contribution in [0.1, 0.15) is 33.6 Å². The zero-order valence-electron chi connectivity index (χ0n) is 12.1. The highest BCUT2D eigenvalue weighted by Gasteiger charge is 2.56. The topological polar surface area (TPSA) is 26.3 Å². The van der Waals surface area contributed by atoms with Crippen molar-refractivity contribution < 1.29 is 9.53 Å². The molecule has 1 aliphatic rings. The van der Waals surface area contributed by atoms with Crippen molar-refractivity contribution in [2.75, 3.05) is 12.8 Å². The Bertz CT molecular complexity index is 420. The van der Waals surface area contributed by atoms with E-state index in [0.29, 0.717) is 24.1 Å². The lowest BCUT2D eigenvalue weighted by atomic mass is 10.2. The first-order valence-corrected chi connectivity index (χ1v) is 9.31. The van der Waals surface area contributed by atoms with E-state index in [0.717, 1.165) is 0 Å². The van der Waals surface area contributed by atoms with Gasteiger partial charge in [0.1, 0.15) is 0 Å². The van der Waals surface area contributed by atoms with E-state index in [1.165, 1.54) is 18.1 Å². The third kappa shape index (κ3) is 2.69. The summed E-state index contributed by atoms with van der Waals surface area (Å²) in [6.07, 6.45) is 3.10. The average Bonchev–Trinajstić information content (AvgIpc) is 2.69. The van der Waals surface area contributed by atoms with E-state index in [2.05, 4.69) is 44.2 Å². The molecule has 2 rings (SSSR count). The number of hydrogen-bond donors (Lipinski definition) is 0. The highest BCUT2D eigenvalue weighted by molar-refractivity contribution is 7.85. The van der Waals surface area contributed by atoms with Crippen molar-refractivity contribution in [3.05, 3.63) is 30.3 Å². The van der Waals surface area contributed by atoms with Crippen LogP contribution in [0.3, 0.4) is 0 Å². The van der Waals surface area contributed by atoms with E-state index >= 15 is 0 Å². The van der Waals surface area contributed by atoms with Crippen molar-refractivity contribution in [2.45, 2.75) is 44.9 Å². The molecule has 0 saturated carbocycles. The van der Waals surface area contributed by atoms with Crippen molar-refractivity contribution in [3.63, 3.8) is 0 Å². The molecule has 0 radical (unpaired) electrons. The molecular formula is C16H24O2P+. The molecule has 0 amide bonds. The van der Waals surface area contributed by atoms with Gasteiger partial charge in [-0.3, -0.25) is 0 Å². The molecule has 1 saturated heterocycles. The van der Waals surface area contributed by atoms with Crippen LogP contribution < -0.4 is 5.30 Å². The minimum Gasteiger partial charge on any atom is -0.463 e. The second kappa shape index (κ2) is 6.05. The van der Waals surface area contributed by atoms with Gasteiger partial charge in [-0.15, -0.1) is 0 Å². The van der Waals surface area contributed by atoms with Crippen LogP contribution >= 0.6 is 7.26 Å². The Morgan fingerprint density at radius 3 is 2.32 bits per heavy atom. The standard InChI is InChI=1S/C16H24O2P/c1-4-18-16(17)12-19(13(2)10-11-14(19)3)15-8-6-5-7-9-15/h5-9,13-14H,4,10-12H2,1-3H3/q+1/t13-,14-/m1/s1. The number of esters is 1. The van der Waals surface area contributed by atoms with Crippen molar-refractivity contribution in [3.8, 4) is 0 Å². The first-order valence-electron chi connectivity index (χ1n) is 7.20. The molecule has 104 valence electrons. The predicted molar refractivity (Wildman–Crippen MR) is 82.7 cm³/mol. The number of hydrogen-bond acceptors (Lipinski definition) is 2. The Balaban J connectivity index is 2.36. The Morgan fingerprint density at radius 2 is 1.79 bits per heavy atom. The van der Waals surface area contributed by atoms with Crippen molar-refractivity contribution in [2.24, 2.45) is 0 Å². The average molecular weight is 279 g/mol. The van der Waals surface area contributed by atoms with E-state index < -0.39 is 7.26 Å². The molecular weight excluding hydrogens is 255 g/mol. The molecule has 19 heavy (non-hydrogen) atoms. The van der Waals surface area contributed by atoms with Crippen LogP contribution in [0.2, 0.25) is 0 Å². The molecule has 1 aromatic rings. The first-order chi connectivity index (χ1) is 9.11. The Labute approximate surface area is 116 Å². The minimum absolute atomic E-state index is 0.0136. The van der Waals surface area contributed by atoms with E-state index in [4.69, 9.17) is 4.74 Å². The molecule has 0 aliphatic carbocycles. The molecule has 1 heterocycles. The second-order valence-corrected chi connectivity index (χ2v) is 9.96. The zero-order valence-corrected chi connectivity index (χ0v) is 13.0. The monoisotopic (exact) mass is 279 g/mol. The van der Waals surface area contributed by atoms with Gasteiger partial charge < -0.3 is 4.74 Å². The van der Waals surface area contributed by atoms with Gasteiger partial charge in [0.25, 0.3) is 0 Å². The fourth-order valence-electron chi connectivity index (χ4n) is 3.42. The first kappa shape index (κ1) is 14.5. The van der Waals surface area contributed by atoms with Gasteiger partial charge in [-0.2, -0.15) is 0 Å². The second-order valence-electron chi connectivity index (χ2n) is 5.50. The molecule has 0 spiro atoms. The summed E-state index contributed by atoms with van der Waals surface area (Å²) in [4.78, 5) is 12.1. The van der Waals surface area contributed by atoms with Crippen molar-refractivity contribution in [1.29, 1.82) is 0 Å². The van der Waals surface area contributed by atoms with Gasteiger partial charge in [-0.1, -0.05) is 18.2 Å². The zero-order chi connectivity index (χ0) is 13.9. The quantitative estimate of drug-likeness (QED) is 0.623. The largest absolute Gasteiger partial charge is 0.463 e. The summed E-state index contributed by atoms with van der Waals surface area (Å²) in [6, 6.07) is 10.7. The molecule has 1 aromatic carbocycles. The lowest BCUT2D eigenvalue weighted by Gasteiger charge is -2.30. The van der Waals surface area contributed by atoms with E-state index in [9.17, 15) is 4.79 Å². The molecule has 2 nitrogen and oxygen atoms in total. The number of benzene rings is 1. The Morgan fingerprint density at radius 1 is 1.21 bits per heavy atom. The third-order valence-electron chi connectivity index (χ3n) is 4.51.